The van der Waals surface area contributed by atoms with Gasteiger partial charge in [-0.3, -0.25) is 15.4 Å². The van der Waals surface area contributed by atoms with Crippen molar-refractivity contribution in [2.24, 2.45) is 5.92 Å². The second kappa shape index (κ2) is 7.65. The normalized spacial score (nSPS) is 13.7. The van der Waals surface area contributed by atoms with Gasteiger partial charge in [0.1, 0.15) is 0 Å². The maximum Gasteiger partial charge on any atom is 0.321 e. The maximum absolute atomic E-state index is 11.9. The third-order valence-corrected chi connectivity index (χ3v) is 3.11. The smallest absolute Gasteiger partial charge is 0.321 e. The number of benzene rings is 1. The fraction of sp³-hybridized carbons (Fsp3) is 0.467. The van der Waals surface area contributed by atoms with E-state index in [9.17, 15) is 9.59 Å². The molecular weight excluding hydrogens is 254 g/mol. The van der Waals surface area contributed by atoms with Crippen LogP contribution in [0.25, 0.3) is 0 Å². The SMILES string of the molecule is CNC(=O)NC(=O)[C@@H](C)N[C@H](c1ccccc1)C(C)C. The summed E-state index contributed by atoms with van der Waals surface area (Å²) in [5.74, 6) is -0.0152. The zero-order valence-corrected chi connectivity index (χ0v) is 12.4. The van der Waals surface area contributed by atoms with Gasteiger partial charge in [0.15, 0.2) is 0 Å². The van der Waals surface area contributed by atoms with Crippen LogP contribution in [0.15, 0.2) is 30.3 Å². The number of amides is 3. The maximum atomic E-state index is 11.9. The van der Waals surface area contributed by atoms with Gasteiger partial charge in [-0.05, 0) is 18.4 Å². The van der Waals surface area contributed by atoms with Crippen molar-refractivity contribution in [2.75, 3.05) is 7.05 Å². The van der Waals surface area contributed by atoms with Gasteiger partial charge < -0.3 is 5.32 Å². The number of hydrogen-bond donors (Lipinski definition) is 3. The predicted octanol–water partition coefficient (Wildman–Crippen LogP) is 1.82. The second-order valence-corrected chi connectivity index (χ2v) is 5.09. The van der Waals surface area contributed by atoms with Gasteiger partial charge in [0.05, 0.1) is 6.04 Å². The molecule has 0 spiro atoms. The molecule has 0 unspecified atom stereocenters. The summed E-state index contributed by atoms with van der Waals surface area (Å²) in [4.78, 5) is 23.0. The Morgan fingerprint density at radius 3 is 2.15 bits per heavy atom. The summed E-state index contributed by atoms with van der Waals surface area (Å²) >= 11 is 0. The molecule has 110 valence electrons. The van der Waals surface area contributed by atoms with Gasteiger partial charge in [0.25, 0.3) is 0 Å². The Kier molecular flexibility index (Phi) is 6.18. The Hall–Kier alpha value is -1.88. The molecular formula is C15H23N3O2. The lowest BCUT2D eigenvalue weighted by Gasteiger charge is -2.26. The molecule has 0 aliphatic carbocycles. The van der Waals surface area contributed by atoms with Gasteiger partial charge in [0, 0.05) is 13.1 Å². The molecule has 0 aliphatic rings. The number of imide groups is 1. The summed E-state index contributed by atoms with van der Waals surface area (Å²) in [7, 11) is 1.47. The summed E-state index contributed by atoms with van der Waals surface area (Å²) in [5, 5.41) is 7.90. The number of rotatable bonds is 5. The van der Waals surface area contributed by atoms with Crippen LogP contribution in [0.2, 0.25) is 0 Å². The van der Waals surface area contributed by atoms with E-state index in [0.717, 1.165) is 5.56 Å². The minimum atomic E-state index is -0.496. The molecule has 0 saturated heterocycles. The van der Waals surface area contributed by atoms with Crippen LogP contribution in [0.4, 0.5) is 4.79 Å². The largest absolute Gasteiger partial charge is 0.341 e. The third-order valence-electron chi connectivity index (χ3n) is 3.11. The zero-order chi connectivity index (χ0) is 15.1. The number of carbonyl (C=O) groups is 2. The van der Waals surface area contributed by atoms with Crippen molar-refractivity contribution in [3.63, 3.8) is 0 Å². The number of carbonyl (C=O) groups excluding carboxylic acids is 2. The van der Waals surface area contributed by atoms with Crippen molar-refractivity contribution in [3.05, 3.63) is 35.9 Å². The molecule has 1 rings (SSSR count). The minimum absolute atomic E-state index is 0.0571. The zero-order valence-electron chi connectivity index (χ0n) is 12.4. The van der Waals surface area contributed by atoms with E-state index in [0.29, 0.717) is 5.92 Å². The molecule has 0 aliphatic heterocycles. The van der Waals surface area contributed by atoms with Gasteiger partial charge in [-0.15, -0.1) is 0 Å². The number of nitrogens with one attached hydrogen (secondary N) is 3. The first kappa shape index (κ1) is 16.2. The summed E-state index contributed by atoms with van der Waals surface area (Å²) in [5.41, 5.74) is 1.13. The lowest BCUT2D eigenvalue weighted by molar-refractivity contribution is -0.121. The highest BCUT2D eigenvalue weighted by Gasteiger charge is 2.22. The van der Waals surface area contributed by atoms with E-state index in [2.05, 4.69) is 29.8 Å². The van der Waals surface area contributed by atoms with Crippen molar-refractivity contribution >= 4 is 11.9 Å². The first-order chi connectivity index (χ1) is 9.45. The molecule has 1 aromatic rings. The summed E-state index contributed by atoms with van der Waals surface area (Å²) in [6.07, 6.45) is 0. The lowest BCUT2D eigenvalue weighted by Crippen LogP contribution is -2.48. The molecule has 2 atom stereocenters. The molecule has 0 aromatic heterocycles. The van der Waals surface area contributed by atoms with Crippen LogP contribution in [-0.2, 0) is 4.79 Å². The molecule has 3 N–H and O–H groups in total. The highest BCUT2D eigenvalue weighted by atomic mass is 16.2. The highest BCUT2D eigenvalue weighted by molar-refractivity contribution is 5.96. The quantitative estimate of drug-likeness (QED) is 0.769. The van der Waals surface area contributed by atoms with Gasteiger partial charge in [-0.25, -0.2) is 4.79 Å². The van der Waals surface area contributed by atoms with E-state index in [-0.39, 0.29) is 11.9 Å². The van der Waals surface area contributed by atoms with Crippen LogP contribution in [0.3, 0.4) is 0 Å². The summed E-state index contributed by atoms with van der Waals surface area (Å²) in [6.45, 7) is 5.93. The van der Waals surface area contributed by atoms with E-state index >= 15 is 0 Å². The average molecular weight is 277 g/mol. The first-order valence-electron chi connectivity index (χ1n) is 6.79. The molecule has 5 nitrogen and oxygen atoms in total. The molecule has 0 radical (unpaired) electrons. The van der Waals surface area contributed by atoms with Gasteiger partial charge >= 0.3 is 6.03 Å². The van der Waals surface area contributed by atoms with Crippen molar-refractivity contribution in [1.82, 2.24) is 16.0 Å². The lowest BCUT2D eigenvalue weighted by atomic mass is 9.95. The van der Waals surface area contributed by atoms with Crippen molar-refractivity contribution < 1.29 is 9.59 Å². The van der Waals surface area contributed by atoms with Crippen LogP contribution < -0.4 is 16.0 Å². The molecule has 0 saturated carbocycles. The minimum Gasteiger partial charge on any atom is -0.341 e. The monoisotopic (exact) mass is 277 g/mol. The van der Waals surface area contributed by atoms with Gasteiger partial charge in [0.2, 0.25) is 5.91 Å². The first-order valence-corrected chi connectivity index (χ1v) is 6.79. The van der Waals surface area contributed by atoms with Crippen molar-refractivity contribution in [2.45, 2.75) is 32.9 Å². The molecule has 0 fully saturated rings. The van der Waals surface area contributed by atoms with E-state index < -0.39 is 12.1 Å². The molecule has 1 aromatic carbocycles. The summed E-state index contributed by atoms with van der Waals surface area (Å²) < 4.78 is 0. The molecule has 20 heavy (non-hydrogen) atoms. The van der Waals surface area contributed by atoms with E-state index in [4.69, 9.17) is 0 Å². The Morgan fingerprint density at radius 2 is 1.65 bits per heavy atom. The van der Waals surface area contributed by atoms with Crippen molar-refractivity contribution in [1.29, 1.82) is 0 Å². The second-order valence-electron chi connectivity index (χ2n) is 5.09. The molecule has 0 bridgehead atoms. The Balaban J connectivity index is 2.71. The van der Waals surface area contributed by atoms with E-state index in [1.165, 1.54) is 7.05 Å². The fourth-order valence-electron chi connectivity index (χ4n) is 1.96. The predicted molar refractivity (Wildman–Crippen MR) is 79.2 cm³/mol. The number of hydrogen-bond acceptors (Lipinski definition) is 3. The average Bonchev–Trinajstić information content (AvgIpc) is 2.44. The Morgan fingerprint density at radius 1 is 1.05 bits per heavy atom. The van der Waals surface area contributed by atoms with E-state index in [1.807, 2.05) is 30.3 Å². The number of urea groups is 1. The molecule has 5 heteroatoms. The van der Waals surface area contributed by atoms with Gasteiger partial charge in [-0.1, -0.05) is 44.2 Å². The Labute approximate surface area is 120 Å². The summed E-state index contributed by atoms with van der Waals surface area (Å²) in [6, 6.07) is 9.07. The van der Waals surface area contributed by atoms with Crippen LogP contribution in [0, 0.1) is 5.92 Å². The van der Waals surface area contributed by atoms with Crippen LogP contribution in [-0.4, -0.2) is 25.0 Å². The Bertz CT molecular complexity index is 446. The molecule has 3 amide bonds. The van der Waals surface area contributed by atoms with Crippen LogP contribution in [0.5, 0.6) is 0 Å². The van der Waals surface area contributed by atoms with Gasteiger partial charge in [-0.2, -0.15) is 0 Å². The third kappa shape index (κ3) is 4.66. The highest BCUT2D eigenvalue weighted by Crippen LogP contribution is 2.21. The molecule has 0 heterocycles. The van der Waals surface area contributed by atoms with Crippen LogP contribution >= 0.6 is 0 Å². The van der Waals surface area contributed by atoms with Crippen LogP contribution in [0.1, 0.15) is 32.4 Å². The standard InChI is InChI=1S/C15H23N3O2/c1-10(2)13(12-8-6-5-7-9-12)17-11(3)14(19)18-15(20)16-4/h5-11,13,17H,1-4H3,(H2,16,18,19,20)/t11-,13+/m1/s1. The fourth-order valence-corrected chi connectivity index (χ4v) is 1.96. The topological polar surface area (TPSA) is 70.2 Å². The van der Waals surface area contributed by atoms with E-state index in [1.54, 1.807) is 6.92 Å². The van der Waals surface area contributed by atoms with Crippen molar-refractivity contribution in [3.8, 4) is 0 Å².